The first-order chi connectivity index (χ1) is 10.5. The second-order valence-corrected chi connectivity index (χ2v) is 4.35. The summed E-state index contributed by atoms with van der Waals surface area (Å²) < 4.78 is 10.1. The Morgan fingerprint density at radius 3 is 2.14 bits per heavy atom. The fraction of sp³-hybridized carbons (Fsp3) is 0.462. The van der Waals surface area contributed by atoms with Crippen LogP contribution in [-0.4, -0.2) is 35.6 Å². The maximum absolute atomic E-state index is 11.8. The molecule has 120 valence electrons. The quantitative estimate of drug-likeness (QED) is 0.297. The van der Waals surface area contributed by atoms with Crippen LogP contribution < -0.4 is 0 Å². The Hall–Kier alpha value is -2.55. The van der Waals surface area contributed by atoms with E-state index in [1.807, 2.05) is 6.92 Å². The summed E-state index contributed by atoms with van der Waals surface area (Å²) in [6, 6.07) is 2.66. The van der Waals surface area contributed by atoms with Gasteiger partial charge in [0.25, 0.3) is 11.4 Å². The van der Waals surface area contributed by atoms with Crippen LogP contribution in [-0.2, 0) is 9.47 Å². The Morgan fingerprint density at radius 1 is 1.05 bits per heavy atom. The summed E-state index contributed by atoms with van der Waals surface area (Å²) in [5.74, 6) is -0.870. The van der Waals surface area contributed by atoms with Crippen LogP contribution in [0.25, 0.3) is 0 Å². The molecule has 0 radical (unpaired) electrons. The number of nitrogens with zero attached hydrogens (tertiary/aromatic N) is 2. The third-order valence-corrected chi connectivity index (χ3v) is 2.66. The van der Waals surface area contributed by atoms with Crippen LogP contribution in [0.15, 0.2) is 18.2 Å². The Labute approximate surface area is 126 Å². The summed E-state index contributed by atoms with van der Waals surface area (Å²) >= 11 is 0. The molecular weight excluding hydrogens is 296 g/mol. The second kappa shape index (κ2) is 8.67. The zero-order valence-corrected chi connectivity index (χ0v) is 12.0. The highest BCUT2D eigenvalue weighted by Gasteiger charge is 2.20. The van der Waals surface area contributed by atoms with Crippen LogP contribution >= 0.6 is 0 Å². The minimum absolute atomic E-state index is 0.0287. The normalized spacial score (nSPS) is 10.2. The van der Waals surface area contributed by atoms with E-state index in [-0.39, 0.29) is 18.8 Å². The smallest absolute Gasteiger partial charge is 0.338 e. The second-order valence-electron chi connectivity index (χ2n) is 4.35. The molecule has 0 N–H and O–H groups in total. The van der Waals surface area contributed by atoms with Gasteiger partial charge in [-0.3, -0.25) is 20.2 Å². The Morgan fingerprint density at radius 2 is 1.64 bits per heavy atom. The lowest BCUT2D eigenvalue weighted by Gasteiger charge is -2.06. The highest BCUT2D eigenvalue weighted by atomic mass is 16.6. The number of carbonyl (C=O) groups excluding carboxylic acids is 1. The van der Waals surface area contributed by atoms with Crippen LogP contribution in [0.4, 0.5) is 11.4 Å². The lowest BCUT2D eigenvalue weighted by molar-refractivity contribution is -0.394. The zero-order chi connectivity index (χ0) is 16.5. The molecule has 1 aromatic rings. The summed E-state index contributed by atoms with van der Waals surface area (Å²) in [7, 11) is 0. The molecule has 0 unspecified atom stereocenters. The number of unbranched alkanes of at least 4 members (excludes halogenated alkanes) is 1. The molecule has 0 aliphatic heterocycles. The molecule has 9 nitrogen and oxygen atoms in total. The van der Waals surface area contributed by atoms with Gasteiger partial charge < -0.3 is 9.47 Å². The molecule has 0 bridgehead atoms. The van der Waals surface area contributed by atoms with Crippen molar-refractivity contribution in [2.24, 2.45) is 0 Å². The molecule has 0 amide bonds. The molecule has 0 aromatic heterocycles. The lowest BCUT2D eigenvalue weighted by Crippen LogP contribution is -2.12. The van der Waals surface area contributed by atoms with E-state index in [9.17, 15) is 25.0 Å². The summed E-state index contributed by atoms with van der Waals surface area (Å²) in [6.45, 7) is 2.73. The van der Waals surface area contributed by atoms with Gasteiger partial charge in [-0.2, -0.15) is 0 Å². The zero-order valence-electron chi connectivity index (χ0n) is 12.0. The van der Waals surface area contributed by atoms with E-state index in [0.29, 0.717) is 6.61 Å². The number of rotatable bonds is 9. The maximum Gasteiger partial charge on any atom is 0.338 e. The van der Waals surface area contributed by atoms with E-state index in [0.717, 1.165) is 31.0 Å². The summed E-state index contributed by atoms with van der Waals surface area (Å²) in [5.41, 5.74) is -1.32. The number of hydrogen-bond donors (Lipinski definition) is 0. The fourth-order valence-corrected chi connectivity index (χ4v) is 1.55. The first-order valence-corrected chi connectivity index (χ1v) is 6.64. The fourth-order valence-electron chi connectivity index (χ4n) is 1.55. The van der Waals surface area contributed by atoms with Crippen LogP contribution in [0, 0.1) is 20.2 Å². The highest BCUT2D eigenvalue weighted by molar-refractivity contribution is 5.91. The van der Waals surface area contributed by atoms with Crippen LogP contribution in [0.3, 0.4) is 0 Å². The number of benzene rings is 1. The molecule has 22 heavy (non-hydrogen) atoms. The minimum Gasteiger partial charge on any atom is -0.460 e. The molecule has 0 saturated heterocycles. The molecule has 0 atom stereocenters. The highest BCUT2D eigenvalue weighted by Crippen LogP contribution is 2.23. The number of non-ortho nitro benzene ring substituents is 2. The predicted octanol–water partition coefficient (Wildman–Crippen LogP) is 2.48. The lowest BCUT2D eigenvalue weighted by atomic mass is 10.2. The first-order valence-electron chi connectivity index (χ1n) is 6.64. The number of esters is 1. The van der Waals surface area contributed by atoms with Crippen LogP contribution in [0.5, 0.6) is 0 Å². The van der Waals surface area contributed by atoms with Crippen molar-refractivity contribution >= 4 is 17.3 Å². The predicted molar refractivity (Wildman–Crippen MR) is 75.8 cm³/mol. The third kappa shape index (κ3) is 5.44. The average molecular weight is 312 g/mol. The van der Waals surface area contributed by atoms with Gasteiger partial charge in [0.2, 0.25) is 0 Å². The Kier molecular flexibility index (Phi) is 6.90. The number of nitro benzene ring substituents is 2. The monoisotopic (exact) mass is 312 g/mol. The molecule has 0 aliphatic rings. The molecule has 0 fully saturated rings. The molecule has 0 heterocycles. The van der Waals surface area contributed by atoms with Crippen molar-refractivity contribution in [3.8, 4) is 0 Å². The summed E-state index contributed by atoms with van der Waals surface area (Å²) in [4.78, 5) is 31.6. The van der Waals surface area contributed by atoms with Gasteiger partial charge in [-0.05, 0) is 6.42 Å². The first kappa shape index (κ1) is 17.5. The van der Waals surface area contributed by atoms with E-state index in [4.69, 9.17) is 9.47 Å². The van der Waals surface area contributed by atoms with Gasteiger partial charge in [0, 0.05) is 18.7 Å². The van der Waals surface area contributed by atoms with Crippen LogP contribution in [0.1, 0.15) is 30.1 Å². The molecule has 1 rings (SSSR count). The van der Waals surface area contributed by atoms with Crippen molar-refractivity contribution in [3.05, 3.63) is 44.0 Å². The van der Waals surface area contributed by atoms with E-state index in [2.05, 4.69) is 0 Å². The van der Waals surface area contributed by atoms with Gasteiger partial charge in [0.15, 0.2) is 0 Å². The summed E-state index contributed by atoms with van der Waals surface area (Å²) in [6.07, 6.45) is 1.88. The molecule has 9 heteroatoms. The number of carbonyl (C=O) groups is 1. The largest absolute Gasteiger partial charge is 0.460 e. The Bertz CT molecular complexity index is 527. The van der Waals surface area contributed by atoms with Crippen LogP contribution in [0.2, 0.25) is 0 Å². The van der Waals surface area contributed by atoms with E-state index in [1.165, 1.54) is 0 Å². The van der Waals surface area contributed by atoms with Crippen molar-refractivity contribution in [1.82, 2.24) is 0 Å². The van der Waals surface area contributed by atoms with Gasteiger partial charge in [0.1, 0.15) is 6.61 Å². The standard InChI is InChI=1S/C13H16N2O7/c1-2-3-4-21-5-6-22-13(16)10-7-11(14(17)18)9-12(8-10)15(19)20/h7-9H,2-6H2,1H3. The SMILES string of the molecule is CCCCOCCOC(=O)c1cc([N+](=O)[O-])cc([N+](=O)[O-])c1. The van der Waals surface area contributed by atoms with E-state index in [1.54, 1.807) is 0 Å². The molecule has 0 spiro atoms. The number of nitro groups is 2. The van der Waals surface area contributed by atoms with Gasteiger partial charge in [-0.15, -0.1) is 0 Å². The van der Waals surface area contributed by atoms with Crippen molar-refractivity contribution in [1.29, 1.82) is 0 Å². The molecule has 0 aliphatic carbocycles. The number of ether oxygens (including phenoxy) is 2. The topological polar surface area (TPSA) is 122 Å². The summed E-state index contributed by atoms with van der Waals surface area (Å²) in [5, 5.41) is 21.4. The van der Waals surface area contributed by atoms with E-state index < -0.39 is 27.2 Å². The molecule has 1 aromatic carbocycles. The molecular formula is C13H16N2O7. The van der Waals surface area contributed by atoms with E-state index >= 15 is 0 Å². The number of hydrogen-bond acceptors (Lipinski definition) is 7. The maximum atomic E-state index is 11.8. The van der Waals surface area contributed by atoms with Crippen molar-refractivity contribution < 1.29 is 24.1 Å². The van der Waals surface area contributed by atoms with Gasteiger partial charge in [0.05, 0.1) is 28.1 Å². The van der Waals surface area contributed by atoms with Crippen molar-refractivity contribution in [3.63, 3.8) is 0 Å². The van der Waals surface area contributed by atoms with Crippen molar-refractivity contribution in [2.75, 3.05) is 19.8 Å². The van der Waals surface area contributed by atoms with Gasteiger partial charge in [-0.25, -0.2) is 4.79 Å². The van der Waals surface area contributed by atoms with Gasteiger partial charge >= 0.3 is 5.97 Å². The average Bonchev–Trinajstić information content (AvgIpc) is 2.49. The minimum atomic E-state index is -0.870. The third-order valence-electron chi connectivity index (χ3n) is 2.66. The van der Waals surface area contributed by atoms with Crippen molar-refractivity contribution in [2.45, 2.75) is 19.8 Å². The Balaban J connectivity index is 2.68. The molecule has 0 saturated carbocycles. The van der Waals surface area contributed by atoms with Gasteiger partial charge in [-0.1, -0.05) is 13.3 Å².